The Morgan fingerprint density at radius 1 is 0.830 bits per heavy atom. The molecule has 1 heterocycles. The number of hydrogen-bond acceptors (Lipinski definition) is 5. The second-order valence-corrected chi connectivity index (χ2v) is 16.3. The van der Waals surface area contributed by atoms with Crippen molar-refractivity contribution in [2.75, 3.05) is 11.9 Å². The van der Waals surface area contributed by atoms with E-state index in [1.807, 2.05) is 61.5 Å². The van der Waals surface area contributed by atoms with E-state index in [1.165, 1.54) is 0 Å². The number of ether oxygens (including phenoxy) is 1. The van der Waals surface area contributed by atoms with Crippen molar-refractivity contribution >= 4 is 55.0 Å². The summed E-state index contributed by atoms with van der Waals surface area (Å²) in [4.78, 5) is 43.4. The summed E-state index contributed by atoms with van der Waals surface area (Å²) < 4.78 is 7.26. The van der Waals surface area contributed by atoms with Gasteiger partial charge in [0.15, 0.2) is 18.2 Å². The number of anilines is 1. The maximum absolute atomic E-state index is 14.2. The first-order valence-electron chi connectivity index (χ1n) is 16.0. The SMILES string of the molecule is Cc1cccc(NC(=O)COc2c(Br)cc(C3C4=C(CC(C)(C)CC4=O)N(Cc4ccccc4)C4=C3C(=O)CC(C)(C)C4)cc2Br)c1. The summed E-state index contributed by atoms with van der Waals surface area (Å²) in [5.41, 5.74) is 6.78. The van der Waals surface area contributed by atoms with E-state index in [9.17, 15) is 14.4 Å². The number of rotatable bonds is 7. The Hall–Kier alpha value is -3.49. The van der Waals surface area contributed by atoms with Crippen LogP contribution >= 0.6 is 31.9 Å². The van der Waals surface area contributed by atoms with E-state index in [0.717, 1.165) is 52.1 Å². The third kappa shape index (κ3) is 7.05. The van der Waals surface area contributed by atoms with Crippen LogP contribution < -0.4 is 10.1 Å². The summed E-state index contributed by atoms with van der Waals surface area (Å²) in [6, 6.07) is 21.7. The molecule has 0 saturated heterocycles. The fraction of sp³-hybridized carbons (Fsp3) is 0.359. The number of nitrogens with one attached hydrogen (secondary N) is 1. The number of nitrogens with zero attached hydrogens (tertiary/aromatic N) is 1. The lowest BCUT2D eigenvalue weighted by Crippen LogP contribution is -2.44. The molecule has 0 fully saturated rings. The van der Waals surface area contributed by atoms with E-state index >= 15 is 0 Å². The van der Waals surface area contributed by atoms with Crippen molar-refractivity contribution in [2.24, 2.45) is 10.8 Å². The van der Waals surface area contributed by atoms with Gasteiger partial charge >= 0.3 is 0 Å². The molecule has 0 radical (unpaired) electrons. The molecular weight excluding hydrogens is 720 g/mol. The van der Waals surface area contributed by atoms with Crippen molar-refractivity contribution in [1.82, 2.24) is 4.90 Å². The Morgan fingerprint density at radius 2 is 1.40 bits per heavy atom. The van der Waals surface area contributed by atoms with E-state index in [-0.39, 0.29) is 34.9 Å². The molecule has 0 saturated carbocycles. The summed E-state index contributed by atoms with van der Waals surface area (Å²) in [6.45, 7) is 11.0. The van der Waals surface area contributed by atoms with Crippen LogP contribution in [0.25, 0.3) is 0 Å². The smallest absolute Gasteiger partial charge is 0.262 e. The van der Waals surface area contributed by atoms with E-state index in [4.69, 9.17) is 4.74 Å². The minimum Gasteiger partial charge on any atom is -0.481 e. The number of amides is 1. The lowest BCUT2D eigenvalue weighted by atomic mass is 9.63. The van der Waals surface area contributed by atoms with Crippen molar-refractivity contribution in [3.8, 4) is 5.75 Å². The van der Waals surface area contributed by atoms with Gasteiger partial charge in [-0.05, 0) is 103 Å². The number of aryl methyl sites for hydroxylation is 1. The maximum Gasteiger partial charge on any atom is 0.262 e. The van der Waals surface area contributed by atoms with Gasteiger partial charge in [-0.25, -0.2) is 0 Å². The van der Waals surface area contributed by atoms with Gasteiger partial charge in [-0.15, -0.1) is 0 Å². The standard InChI is InChI=1S/C39H40Br2N2O4/c1-23-10-9-13-26(14-23)42-33(46)22-47-37-27(40)15-25(16-28(37)41)34-35-29(17-38(2,3)19-31(35)44)43(21-24-11-7-6-8-12-24)30-18-39(4,5)20-32(45)36(30)34/h6-16,34H,17-22H2,1-5H3,(H,42,46). The van der Waals surface area contributed by atoms with E-state index in [2.05, 4.69) is 81.9 Å². The minimum absolute atomic E-state index is 0.0869. The van der Waals surface area contributed by atoms with Crippen molar-refractivity contribution < 1.29 is 19.1 Å². The molecule has 0 bridgehead atoms. The molecule has 0 unspecified atom stereocenters. The molecule has 0 aromatic heterocycles. The Morgan fingerprint density at radius 3 is 1.96 bits per heavy atom. The number of Topliss-reactive ketones (excluding diaryl/α,β-unsaturated/α-hetero) is 2. The molecule has 3 aliphatic rings. The van der Waals surface area contributed by atoms with Gasteiger partial charge in [-0.3, -0.25) is 14.4 Å². The van der Waals surface area contributed by atoms with Crippen LogP contribution in [0.5, 0.6) is 5.75 Å². The van der Waals surface area contributed by atoms with Gasteiger partial charge in [0.25, 0.3) is 5.91 Å². The number of carbonyl (C=O) groups is 3. The molecule has 8 heteroatoms. The Balaban J connectivity index is 1.40. The van der Waals surface area contributed by atoms with Gasteiger partial charge in [-0.2, -0.15) is 0 Å². The summed E-state index contributed by atoms with van der Waals surface area (Å²) >= 11 is 7.38. The highest BCUT2D eigenvalue weighted by Crippen LogP contribution is 2.55. The third-order valence-corrected chi connectivity index (χ3v) is 10.4. The molecule has 244 valence electrons. The fourth-order valence-electron chi connectivity index (χ4n) is 7.28. The molecule has 2 aliphatic carbocycles. The first kappa shape index (κ1) is 33.4. The largest absolute Gasteiger partial charge is 0.481 e. The lowest BCUT2D eigenvalue weighted by molar-refractivity contribution is -0.120. The Bertz CT molecular complexity index is 1760. The summed E-state index contributed by atoms with van der Waals surface area (Å²) in [5, 5.41) is 2.88. The quantitative estimate of drug-likeness (QED) is 0.260. The van der Waals surface area contributed by atoms with Crippen molar-refractivity contribution in [1.29, 1.82) is 0 Å². The summed E-state index contributed by atoms with van der Waals surface area (Å²) in [5.74, 6) is -0.122. The number of carbonyl (C=O) groups excluding carboxylic acids is 3. The molecule has 3 aromatic rings. The molecule has 0 atom stereocenters. The molecule has 47 heavy (non-hydrogen) atoms. The van der Waals surface area contributed by atoms with Crippen LogP contribution in [-0.2, 0) is 20.9 Å². The van der Waals surface area contributed by atoms with Crippen LogP contribution in [0.15, 0.2) is 98.2 Å². The number of benzene rings is 3. The monoisotopic (exact) mass is 758 g/mol. The van der Waals surface area contributed by atoms with E-state index in [0.29, 0.717) is 39.8 Å². The number of hydrogen-bond donors (Lipinski definition) is 1. The van der Waals surface area contributed by atoms with Crippen LogP contribution in [-0.4, -0.2) is 29.0 Å². The van der Waals surface area contributed by atoms with Gasteiger partial charge in [0.2, 0.25) is 0 Å². The Labute approximate surface area is 293 Å². The first-order valence-corrected chi connectivity index (χ1v) is 17.6. The summed E-state index contributed by atoms with van der Waals surface area (Å²) in [6.07, 6.45) is 2.32. The normalized spacial score (nSPS) is 19.0. The van der Waals surface area contributed by atoms with Gasteiger partial charge in [0.1, 0.15) is 5.75 Å². The molecule has 6 nitrogen and oxygen atoms in total. The van der Waals surface area contributed by atoms with Gasteiger partial charge in [-0.1, -0.05) is 70.2 Å². The highest BCUT2D eigenvalue weighted by Gasteiger charge is 2.49. The van der Waals surface area contributed by atoms with Crippen molar-refractivity contribution in [2.45, 2.75) is 72.8 Å². The molecule has 1 N–H and O–H groups in total. The molecular formula is C39H40Br2N2O4. The van der Waals surface area contributed by atoms with Gasteiger partial charge in [0.05, 0.1) is 8.95 Å². The topological polar surface area (TPSA) is 75.7 Å². The minimum atomic E-state index is -0.495. The molecule has 6 rings (SSSR count). The van der Waals surface area contributed by atoms with Gasteiger partial charge in [0, 0.05) is 53.5 Å². The Kier molecular flexibility index (Phi) is 9.13. The fourth-order valence-corrected chi connectivity index (χ4v) is 8.73. The third-order valence-electron chi connectivity index (χ3n) is 9.21. The maximum atomic E-state index is 14.2. The average Bonchev–Trinajstić information content (AvgIpc) is 2.96. The highest BCUT2D eigenvalue weighted by atomic mass is 79.9. The van der Waals surface area contributed by atoms with Gasteiger partial charge < -0.3 is 15.0 Å². The molecule has 1 aliphatic heterocycles. The molecule has 1 amide bonds. The predicted molar refractivity (Wildman–Crippen MR) is 192 cm³/mol. The van der Waals surface area contributed by atoms with Crippen LogP contribution in [0.2, 0.25) is 0 Å². The first-order chi connectivity index (χ1) is 22.2. The van der Waals surface area contributed by atoms with Crippen LogP contribution in [0.3, 0.4) is 0 Å². The zero-order chi connectivity index (χ0) is 33.7. The zero-order valence-corrected chi connectivity index (χ0v) is 30.7. The van der Waals surface area contributed by atoms with Crippen molar-refractivity contribution in [3.05, 3.63) is 115 Å². The second kappa shape index (κ2) is 12.8. The average molecular weight is 761 g/mol. The number of allylic oxidation sites excluding steroid dienone is 4. The van der Waals surface area contributed by atoms with Crippen LogP contribution in [0.4, 0.5) is 5.69 Å². The van der Waals surface area contributed by atoms with E-state index in [1.54, 1.807) is 0 Å². The number of ketones is 2. The van der Waals surface area contributed by atoms with Crippen molar-refractivity contribution in [3.63, 3.8) is 0 Å². The van der Waals surface area contributed by atoms with Crippen LogP contribution in [0.1, 0.15) is 76.0 Å². The zero-order valence-electron chi connectivity index (χ0n) is 27.5. The summed E-state index contributed by atoms with van der Waals surface area (Å²) in [7, 11) is 0. The molecule has 3 aromatic carbocycles. The number of halogens is 2. The van der Waals surface area contributed by atoms with Crippen LogP contribution in [0, 0.1) is 17.8 Å². The lowest BCUT2D eigenvalue weighted by Gasteiger charge is -2.49. The second-order valence-electron chi connectivity index (χ2n) is 14.6. The highest BCUT2D eigenvalue weighted by molar-refractivity contribution is 9.11. The molecule has 0 spiro atoms. The van der Waals surface area contributed by atoms with E-state index < -0.39 is 5.92 Å². The predicted octanol–water partition coefficient (Wildman–Crippen LogP) is 9.42.